The predicted octanol–water partition coefficient (Wildman–Crippen LogP) is 11.0. The molecule has 4 aromatic carbocycles. The number of amides is 4. The number of benzene rings is 4. The maximum absolute atomic E-state index is 14.1. The van der Waals surface area contributed by atoms with Crippen LogP contribution < -0.4 is 35.1 Å². The molecule has 0 spiro atoms. The van der Waals surface area contributed by atoms with Gasteiger partial charge in [-0.05, 0) is 98.2 Å². The summed E-state index contributed by atoms with van der Waals surface area (Å²) in [5.41, 5.74) is 2.36. The molecule has 2 saturated heterocycles. The van der Waals surface area contributed by atoms with E-state index in [0.29, 0.717) is 83.3 Å². The number of nitrogens with zero attached hydrogens (tertiary/aromatic N) is 3. The van der Waals surface area contributed by atoms with Gasteiger partial charge < -0.3 is 50.0 Å². The van der Waals surface area contributed by atoms with E-state index >= 15 is 0 Å². The number of halogens is 5. The van der Waals surface area contributed by atoms with Crippen LogP contribution in [0.25, 0.3) is 20.9 Å². The summed E-state index contributed by atoms with van der Waals surface area (Å²) < 4.78 is 87.7. The zero-order valence-corrected chi connectivity index (χ0v) is 47.2. The molecule has 82 heavy (non-hydrogen) atoms. The highest BCUT2D eigenvalue weighted by Gasteiger charge is 2.38. The number of carbonyl (C=O) groups excluding carboxylic acids is 4. The third-order valence-corrected chi connectivity index (χ3v) is 18.1. The van der Waals surface area contributed by atoms with Gasteiger partial charge in [-0.25, -0.2) is 37.2 Å². The first-order valence-corrected chi connectivity index (χ1v) is 29.0. The zero-order chi connectivity index (χ0) is 58.9. The number of alkyl halides is 3. The van der Waals surface area contributed by atoms with Crippen LogP contribution in [-0.2, 0) is 24.3 Å². The van der Waals surface area contributed by atoms with E-state index in [9.17, 15) is 60.6 Å². The van der Waals surface area contributed by atoms with E-state index in [2.05, 4.69) is 20.7 Å². The van der Waals surface area contributed by atoms with Gasteiger partial charge in [0.25, 0.3) is 0 Å². The van der Waals surface area contributed by atoms with Gasteiger partial charge in [0.15, 0.2) is 34.5 Å². The summed E-state index contributed by atoms with van der Waals surface area (Å²) in [6, 6.07) is 25.8. The van der Waals surface area contributed by atoms with Crippen LogP contribution in [0.15, 0.2) is 108 Å². The number of esters is 2. The van der Waals surface area contributed by atoms with Crippen molar-refractivity contribution in [1.82, 2.24) is 14.5 Å². The minimum Gasteiger partial charge on any atom is -0.479 e. The molecular formula is C54H51Cl2F3N6O14S3. The van der Waals surface area contributed by atoms with Gasteiger partial charge >= 0.3 is 42.3 Å². The molecule has 4 amide bonds. The van der Waals surface area contributed by atoms with Crippen LogP contribution in [0.5, 0.6) is 17.2 Å². The number of piperidine rings is 2. The number of hydrogen-bond acceptors (Lipinski definition) is 15. The first-order valence-electron chi connectivity index (χ1n) is 25.2. The van der Waals surface area contributed by atoms with Crippen molar-refractivity contribution in [1.29, 1.82) is 0 Å². The largest absolute Gasteiger partial charge is 0.573 e. The highest BCUT2D eigenvalue weighted by molar-refractivity contribution is 7.89. The normalized spacial score (nSPS) is 14.3. The summed E-state index contributed by atoms with van der Waals surface area (Å²) in [5.74, 6) is -7.28. The fourth-order valence-electron chi connectivity index (χ4n) is 9.04. The predicted molar refractivity (Wildman–Crippen MR) is 300 cm³/mol. The second kappa shape index (κ2) is 26.5. The molecule has 2 fully saturated rings. The van der Waals surface area contributed by atoms with Gasteiger partial charge in [-0.3, -0.25) is 4.90 Å². The standard InChI is InChI=1S/C54H51Cl2F3N6O14S3/c1-2-60-52(72)65(28-31-18-22-63(23-19-31)53(73)62-34-12-4-3-5-13-34)37-15-9-11-33(27-37)47-43(56)45(77-30-41(68)69)49(81-47)51(71)78-50(70)48-44(76-29-40(66)67)42(55)46(80-48)32-10-8-14-36(26-32)61-35-20-24-64(25-21-35)82(74,75)39-17-7-6-16-38(39)79-54(57,58)59/h3-17,26-27,31,35,61H,2,18-25,28-30H2,1H3,(H,60,72)(H,62,73)(H,66,67)(H,68,69). The topological polar surface area (TPSA) is 260 Å². The Kier molecular flexibility index (Phi) is 19.6. The van der Waals surface area contributed by atoms with E-state index in [0.717, 1.165) is 16.4 Å². The molecule has 6 aromatic rings. The number of para-hydroxylation sites is 2. The van der Waals surface area contributed by atoms with E-state index < -0.39 is 91.4 Å². The van der Waals surface area contributed by atoms with Crippen molar-refractivity contribution in [3.63, 3.8) is 0 Å². The molecular weight excluding hydrogens is 1180 g/mol. The molecule has 28 heteroatoms. The summed E-state index contributed by atoms with van der Waals surface area (Å²) in [6.07, 6.45) is -3.44. The molecule has 2 aromatic heterocycles. The number of hydrogen-bond donors (Lipinski definition) is 5. The third-order valence-electron chi connectivity index (χ3n) is 12.9. The Balaban J connectivity index is 0.990. The molecule has 2 aliphatic rings. The van der Waals surface area contributed by atoms with E-state index in [-0.39, 0.29) is 70.3 Å². The highest BCUT2D eigenvalue weighted by Crippen LogP contribution is 2.49. The molecule has 0 unspecified atom stereocenters. The fraction of sp³-hybridized carbons (Fsp3) is 0.296. The number of rotatable bonds is 20. The van der Waals surface area contributed by atoms with Gasteiger partial charge in [0.1, 0.15) is 20.7 Å². The van der Waals surface area contributed by atoms with Crippen molar-refractivity contribution in [2.24, 2.45) is 5.92 Å². The Labute approximate surface area is 485 Å². The highest BCUT2D eigenvalue weighted by atomic mass is 35.5. The van der Waals surface area contributed by atoms with Crippen LogP contribution in [-0.4, -0.2) is 129 Å². The molecule has 0 atom stereocenters. The first-order chi connectivity index (χ1) is 39.1. The van der Waals surface area contributed by atoms with Crippen molar-refractivity contribution in [2.75, 3.05) is 68.0 Å². The Morgan fingerprint density at radius 3 is 1.84 bits per heavy atom. The van der Waals surface area contributed by atoms with Crippen LogP contribution in [0.4, 0.5) is 39.8 Å². The van der Waals surface area contributed by atoms with Crippen molar-refractivity contribution >= 4 is 109 Å². The average molecular weight is 1230 g/mol. The maximum atomic E-state index is 14.1. The van der Waals surface area contributed by atoms with E-state index in [1.165, 1.54) is 12.1 Å². The molecule has 0 radical (unpaired) electrons. The number of aliphatic carboxylic acids is 2. The van der Waals surface area contributed by atoms with Crippen molar-refractivity contribution in [3.8, 4) is 38.1 Å². The van der Waals surface area contributed by atoms with Gasteiger partial charge in [-0.15, -0.1) is 35.8 Å². The summed E-state index contributed by atoms with van der Waals surface area (Å²) in [6.45, 7) is 1.21. The molecule has 20 nitrogen and oxygen atoms in total. The lowest BCUT2D eigenvalue weighted by Crippen LogP contribution is -2.46. The van der Waals surface area contributed by atoms with Gasteiger partial charge in [-0.1, -0.05) is 77.8 Å². The summed E-state index contributed by atoms with van der Waals surface area (Å²) in [4.78, 5) is 80.5. The molecule has 434 valence electrons. The summed E-state index contributed by atoms with van der Waals surface area (Å²) >= 11 is 15.1. The van der Waals surface area contributed by atoms with Crippen LogP contribution in [0.2, 0.25) is 10.0 Å². The molecule has 2 aliphatic heterocycles. The van der Waals surface area contributed by atoms with Crippen molar-refractivity contribution in [3.05, 3.63) is 123 Å². The van der Waals surface area contributed by atoms with E-state index in [1.807, 2.05) is 18.2 Å². The molecule has 0 saturated carbocycles. The van der Waals surface area contributed by atoms with Gasteiger partial charge in [0, 0.05) is 62.4 Å². The van der Waals surface area contributed by atoms with E-state index in [1.54, 1.807) is 77.4 Å². The molecule has 5 N–H and O–H groups in total. The summed E-state index contributed by atoms with van der Waals surface area (Å²) in [7, 11) is -4.39. The lowest BCUT2D eigenvalue weighted by Gasteiger charge is -2.35. The zero-order valence-electron chi connectivity index (χ0n) is 43.2. The van der Waals surface area contributed by atoms with Crippen molar-refractivity contribution < 1.29 is 79.5 Å². The minimum absolute atomic E-state index is 0.00797. The SMILES string of the molecule is CCNC(=O)N(CC1CCN(C(=O)Nc2ccccc2)CC1)c1cccc(-c2sc(C(=O)OC(=O)c3sc(-c4cccc(NC5CCN(S(=O)(=O)c6ccccc6OC(F)(F)F)CC5)c4)c(Cl)c3OCC(=O)O)c(OCC(=O)O)c2Cl)c1. The number of urea groups is 2. The number of anilines is 3. The minimum atomic E-state index is -5.12. The number of sulfonamides is 1. The smallest absolute Gasteiger partial charge is 0.479 e. The van der Waals surface area contributed by atoms with Gasteiger partial charge in [0.05, 0.1) is 9.75 Å². The number of carboxylic acid groups (broad SMARTS) is 2. The van der Waals surface area contributed by atoms with Crippen LogP contribution in [0.3, 0.4) is 0 Å². The van der Waals surface area contributed by atoms with Crippen LogP contribution in [0, 0.1) is 5.92 Å². The average Bonchev–Trinajstić information content (AvgIpc) is 4.18. The number of likely N-dealkylation sites (tertiary alicyclic amines) is 1. The molecule has 4 heterocycles. The Hall–Kier alpha value is -7.62. The Morgan fingerprint density at radius 2 is 1.27 bits per heavy atom. The van der Waals surface area contributed by atoms with Crippen molar-refractivity contribution in [2.45, 2.75) is 49.9 Å². The van der Waals surface area contributed by atoms with Gasteiger partial charge in [0.2, 0.25) is 10.0 Å². The van der Waals surface area contributed by atoms with E-state index in [4.69, 9.17) is 37.4 Å². The lowest BCUT2D eigenvalue weighted by atomic mass is 9.96. The molecule has 0 aliphatic carbocycles. The van der Waals surface area contributed by atoms with Crippen LogP contribution in [0.1, 0.15) is 52.0 Å². The monoisotopic (exact) mass is 1230 g/mol. The third kappa shape index (κ3) is 14.9. The number of nitrogens with one attached hydrogen (secondary N) is 3. The Bertz CT molecular complexity index is 3460. The number of carboxylic acids is 2. The number of ether oxygens (including phenoxy) is 4. The lowest BCUT2D eigenvalue weighted by molar-refractivity contribution is -0.275. The second-order valence-corrected chi connectivity index (χ2v) is 23.2. The number of thiophene rings is 2. The molecule has 0 bridgehead atoms. The van der Waals surface area contributed by atoms with Crippen LogP contribution >= 0.6 is 45.9 Å². The molecule has 8 rings (SSSR count). The fourth-order valence-corrected chi connectivity index (χ4v) is 13.5. The summed E-state index contributed by atoms with van der Waals surface area (Å²) in [5, 5.41) is 27.7. The maximum Gasteiger partial charge on any atom is 0.573 e. The second-order valence-electron chi connectivity index (χ2n) is 18.5. The quantitative estimate of drug-likeness (QED) is 0.0352. The first kappa shape index (κ1) is 60.5. The van der Waals surface area contributed by atoms with Gasteiger partial charge in [-0.2, -0.15) is 4.31 Å². The number of carbonyl (C=O) groups is 6. The Morgan fingerprint density at radius 1 is 0.720 bits per heavy atom.